The molecule has 0 saturated heterocycles. The normalized spacial score (nSPS) is 10.7. The zero-order valence-corrected chi connectivity index (χ0v) is 12.2. The molecule has 1 heterocycles. The molecule has 1 aromatic carbocycles. The molecule has 0 radical (unpaired) electrons. The predicted octanol–water partition coefficient (Wildman–Crippen LogP) is 3.63. The molecule has 0 saturated carbocycles. The van der Waals surface area contributed by atoms with Crippen LogP contribution in [0.15, 0.2) is 36.5 Å². The Bertz CT molecular complexity index is 602. The number of nitrogens with zero attached hydrogens (tertiary/aromatic N) is 2. The molecule has 0 fully saturated rings. The molecule has 21 heavy (non-hydrogen) atoms. The van der Waals surface area contributed by atoms with Crippen LogP contribution in [0.4, 0.5) is 20.3 Å². The van der Waals surface area contributed by atoms with Crippen molar-refractivity contribution in [1.29, 1.82) is 0 Å². The third-order valence-corrected chi connectivity index (χ3v) is 3.18. The van der Waals surface area contributed by atoms with E-state index in [0.29, 0.717) is 23.6 Å². The van der Waals surface area contributed by atoms with E-state index >= 15 is 0 Å². The Labute approximate surface area is 123 Å². The largest absolute Gasteiger partial charge is 0.327 e. The van der Waals surface area contributed by atoms with E-state index in [-0.39, 0.29) is 5.82 Å². The van der Waals surface area contributed by atoms with Gasteiger partial charge in [-0.3, -0.25) is 0 Å². The van der Waals surface area contributed by atoms with Gasteiger partial charge >= 0.3 is 0 Å². The highest BCUT2D eigenvalue weighted by molar-refractivity contribution is 5.62. The minimum Gasteiger partial charge on any atom is -0.327 e. The van der Waals surface area contributed by atoms with Crippen LogP contribution in [0.5, 0.6) is 0 Å². The molecule has 2 rings (SSSR count). The van der Waals surface area contributed by atoms with Gasteiger partial charge in [-0.05, 0) is 31.2 Å². The number of benzene rings is 1. The fourth-order valence-electron chi connectivity index (χ4n) is 2.14. The standard InChI is InChI=1S/C16H19F2N3/c1-3-8-19-10-12-9-13(17)11-20-16(12)21(2)15-7-5-4-6-14(15)18/h4-7,9,11,19H,3,8,10H2,1-2H3. The Morgan fingerprint density at radius 1 is 1.24 bits per heavy atom. The van der Waals surface area contributed by atoms with Crippen molar-refractivity contribution in [3.05, 3.63) is 53.7 Å². The van der Waals surface area contributed by atoms with E-state index in [0.717, 1.165) is 19.2 Å². The van der Waals surface area contributed by atoms with Gasteiger partial charge in [0.25, 0.3) is 0 Å². The van der Waals surface area contributed by atoms with E-state index in [9.17, 15) is 8.78 Å². The molecule has 5 heteroatoms. The fourth-order valence-corrected chi connectivity index (χ4v) is 2.14. The maximum absolute atomic E-state index is 13.9. The molecular weight excluding hydrogens is 272 g/mol. The summed E-state index contributed by atoms with van der Waals surface area (Å²) < 4.78 is 27.3. The van der Waals surface area contributed by atoms with Crippen LogP contribution >= 0.6 is 0 Å². The smallest absolute Gasteiger partial charge is 0.146 e. The molecule has 1 aromatic heterocycles. The first-order valence-electron chi connectivity index (χ1n) is 6.97. The highest BCUT2D eigenvalue weighted by atomic mass is 19.1. The molecule has 0 atom stereocenters. The van der Waals surface area contributed by atoms with Crippen molar-refractivity contribution < 1.29 is 8.78 Å². The lowest BCUT2D eigenvalue weighted by Crippen LogP contribution is -2.20. The van der Waals surface area contributed by atoms with Crippen LogP contribution in [0.25, 0.3) is 0 Å². The topological polar surface area (TPSA) is 28.2 Å². The summed E-state index contributed by atoms with van der Waals surface area (Å²) in [5, 5.41) is 3.21. The zero-order valence-electron chi connectivity index (χ0n) is 12.2. The SMILES string of the molecule is CCCNCc1cc(F)cnc1N(C)c1ccccc1F. The second-order valence-electron chi connectivity index (χ2n) is 4.82. The molecule has 3 nitrogen and oxygen atoms in total. The van der Waals surface area contributed by atoms with Crippen molar-refractivity contribution in [3.8, 4) is 0 Å². The van der Waals surface area contributed by atoms with Gasteiger partial charge in [0.15, 0.2) is 0 Å². The van der Waals surface area contributed by atoms with E-state index in [2.05, 4.69) is 17.2 Å². The number of anilines is 2. The van der Waals surface area contributed by atoms with Crippen LogP contribution in [0.1, 0.15) is 18.9 Å². The molecule has 0 aliphatic heterocycles. The third-order valence-electron chi connectivity index (χ3n) is 3.18. The van der Waals surface area contributed by atoms with Gasteiger partial charge < -0.3 is 10.2 Å². The average Bonchev–Trinajstić information content (AvgIpc) is 2.47. The van der Waals surface area contributed by atoms with Gasteiger partial charge in [-0.15, -0.1) is 0 Å². The summed E-state index contributed by atoms with van der Waals surface area (Å²) in [6.07, 6.45) is 2.14. The number of halogens is 2. The number of pyridine rings is 1. The quantitative estimate of drug-likeness (QED) is 0.824. The first-order chi connectivity index (χ1) is 10.1. The first-order valence-corrected chi connectivity index (χ1v) is 6.97. The Hall–Kier alpha value is -2.01. The van der Waals surface area contributed by atoms with E-state index in [1.165, 1.54) is 12.1 Å². The Morgan fingerprint density at radius 3 is 2.71 bits per heavy atom. The van der Waals surface area contributed by atoms with Gasteiger partial charge in [0.1, 0.15) is 17.5 Å². The molecule has 0 aliphatic rings. The van der Waals surface area contributed by atoms with Crippen molar-refractivity contribution in [1.82, 2.24) is 10.3 Å². The van der Waals surface area contributed by atoms with Gasteiger partial charge in [-0.2, -0.15) is 0 Å². The summed E-state index contributed by atoms with van der Waals surface area (Å²) in [5.41, 5.74) is 1.11. The lowest BCUT2D eigenvalue weighted by atomic mass is 10.2. The van der Waals surface area contributed by atoms with Gasteiger partial charge in [0.05, 0.1) is 11.9 Å². The summed E-state index contributed by atoms with van der Waals surface area (Å²) in [5.74, 6) is -0.183. The van der Waals surface area contributed by atoms with Crippen LogP contribution in [0.3, 0.4) is 0 Å². The minimum absolute atomic E-state index is 0.335. The highest BCUT2D eigenvalue weighted by Crippen LogP contribution is 2.27. The second kappa shape index (κ2) is 7.13. The second-order valence-corrected chi connectivity index (χ2v) is 4.82. The molecular formula is C16H19F2N3. The Balaban J connectivity index is 2.31. The lowest BCUT2D eigenvalue weighted by molar-refractivity contribution is 0.610. The van der Waals surface area contributed by atoms with Crippen LogP contribution in [0, 0.1) is 11.6 Å². The molecule has 0 aliphatic carbocycles. The lowest BCUT2D eigenvalue weighted by Gasteiger charge is -2.22. The molecule has 0 spiro atoms. The van der Waals surface area contributed by atoms with Gasteiger partial charge in [0.2, 0.25) is 0 Å². The summed E-state index contributed by atoms with van der Waals surface area (Å²) in [7, 11) is 1.72. The van der Waals surface area contributed by atoms with Crippen LogP contribution in [0.2, 0.25) is 0 Å². The van der Waals surface area contributed by atoms with E-state index < -0.39 is 5.82 Å². The number of para-hydroxylation sites is 1. The highest BCUT2D eigenvalue weighted by Gasteiger charge is 2.14. The summed E-state index contributed by atoms with van der Waals surface area (Å²) >= 11 is 0. The third kappa shape index (κ3) is 3.76. The molecule has 0 unspecified atom stereocenters. The molecule has 0 amide bonds. The number of hydrogen-bond acceptors (Lipinski definition) is 3. The van der Waals surface area contributed by atoms with Crippen LogP contribution < -0.4 is 10.2 Å². The van der Waals surface area contributed by atoms with Gasteiger partial charge in [-0.1, -0.05) is 19.1 Å². The van der Waals surface area contributed by atoms with E-state index in [4.69, 9.17) is 0 Å². The Morgan fingerprint density at radius 2 is 2.00 bits per heavy atom. The zero-order chi connectivity index (χ0) is 15.2. The summed E-state index contributed by atoms with van der Waals surface area (Å²) in [6, 6.07) is 7.89. The molecule has 1 N–H and O–H groups in total. The molecule has 112 valence electrons. The van der Waals surface area contributed by atoms with Crippen LogP contribution in [-0.4, -0.2) is 18.6 Å². The van der Waals surface area contributed by atoms with Gasteiger partial charge in [-0.25, -0.2) is 13.8 Å². The molecule has 0 bridgehead atoms. The van der Waals surface area contributed by atoms with Crippen molar-refractivity contribution in [3.63, 3.8) is 0 Å². The van der Waals surface area contributed by atoms with E-state index in [1.54, 1.807) is 30.1 Å². The van der Waals surface area contributed by atoms with Gasteiger partial charge in [0, 0.05) is 19.2 Å². The van der Waals surface area contributed by atoms with Crippen molar-refractivity contribution in [2.24, 2.45) is 0 Å². The monoisotopic (exact) mass is 291 g/mol. The van der Waals surface area contributed by atoms with Crippen molar-refractivity contribution in [2.45, 2.75) is 19.9 Å². The maximum Gasteiger partial charge on any atom is 0.146 e. The number of nitrogens with one attached hydrogen (secondary N) is 1. The number of rotatable bonds is 6. The number of hydrogen-bond donors (Lipinski definition) is 1. The molecule has 2 aromatic rings. The van der Waals surface area contributed by atoms with Crippen molar-refractivity contribution in [2.75, 3.05) is 18.5 Å². The number of aromatic nitrogens is 1. The summed E-state index contributed by atoms with van der Waals surface area (Å²) in [4.78, 5) is 5.76. The predicted molar refractivity (Wildman–Crippen MR) is 80.7 cm³/mol. The maximum atomic E-state index is 13.9. The Kier molecular flexibility index (Phi) is 5.22. The fraction of sp³-hybridized carbons (Fsp3) is 0.312. The van der Waals surface area contributed by atoms with Crippen LogP contribution in [-0.2, 0) is 6.54 Å². The van der Waals surface area contributed by atoms with E-state index in [1.807, 2.05) is 0 Å². The first kappa shape index (κ1) is 15.4. The summed E-state index contributed by atoms with van der Waals surface area (Å²) in [6.45, 7) is 3.38. The minimum atomic E-state index is -0.394. The average molecular weight is 291 g/mol. The van der Waals surface area contributed by atoms with Crippen molar-refractivity contribution >= 4 is 11.5 Å².